The summed E-state index contributed by atoms with van der Waals surface area (Å²) >= 11 is 0. The van der Waals surface area contributed by atoms with Gasteiger partial charge in [-0.15, -0.1) is 0 Å². The minimum atomic E-state index is -1.62. The quantitative estimate of drug-likeness (QED) is 0.0836. The van der Waals surface area contributed by atoms with Gasteiger partial charge in [0.25, 0.3) is 0 Å². The van der Waals surface area contributed by atoms with Gasteiger partial charge in [-0.1, -0.05) is 0 Å². The Morgan fingerprint density at radius 1 is 0.382 bits per heavy atom. The number of rotatable bonds is 28. The van der Waals surface area contributed by atoms with Crippen LogP contribution in [0.5, 0.6) is 0 Å². The Morgan fingerprint density at radius 2 is 0.647 bits per heavy atom. The zero-order valence-electron chi connectivity index (χ0n) is 24.6. The molecule has 1 unspecified atom stereocenters. The first kappa shape index (κ1) is 34.4. The van der Waals surface area contributed by atoms with Crippen LogP contribution in [0.1, 0.15) is 182 Å². The van der Waals surface area contributed by atoms with Gasteiger partial charge in [0.15, 0.2) is 0 Å². The molecule has 0 aromatic heterocycles. The Hall–Kier alpha value is 0.390. The summed E-state index contributed by atoms with van der Waals surface area (Å²) in [5.74, 6) is 0.0658. The summed E-state index contributed by atoms with van der Waals surface area (Å²) in [6.45, 7) is 9.25. The van der Waals surface area contributed by atoms with E-state index in [-0.39, 0.29) is 5.85 Å². The second-order valence-corrected chi connectivity index (χ2v) is 16.5. The van der Waals surface area contributed by atoms with Crippen LogP contribution in [0.3, 0.4) is 0 Å². The van der Waals surface area contributed by atoms with E-state index in [0.29, 0.717) is 0 Å². The van der Waals surface area contributed by atoms with Crippen LogP contribution < -0.4 is 0 Å². The molecule has 2 heteroatoms. The van der Waals surface area contributed by atoms with Crippen molar-refractivity contribution in [3.63, 3.8) is 0 Å². The van der Waals surface area contributed by atoms with Gasteiger partial charge in [-0.3, -0.25) is 0 Å². The molecule has 0 bridgehead atoms. The summed E-state index contributed by atoms with van der Waals surface area (Å²) in [7, 11) is -1.62. The Labute approximate surface area is 218 Å². The standard InChI is InChI=1S/C32H69OP/c1-5-9-13-17-21-25-29-34(30-26-22-18-14-10-6-2,31-27-23-19-15-11-7-3)32(33)28-24-20-16-12-8-4/h32-34H,5-31H2,1-4H3. The van der Waals surface area contributed by atoms with Gasteiger partial charge in [-0.05, 0) is 0 Å². The molecule has 34 heavy (non-hydrogen) atoms. The van der Waals surface area contributed by atoms with E-state index >= 15 is 0 Å². The van der Waals surface area contributed by atoms with Crippen molar-refractivity contribution in [1.29, 1.82) is 0 Å². The minimum absolute atomic E-state index is 0.0658. The van der Waals surface area contributed by atoms with Crippen molar-refractivity contribution in [2.45, 2.75) is 188 Å². The molecule has 0 saturated carbocycles. The first-order valence-corrected chi connectivity index (χ1v) is 19.0. The molecule has 0 heterocycles. The fraction of sp³-hybridized carbons (Fsp3) is 1.00. The molecule has 0 rings (SSSR count). The second kappa shape index (κ2) is 26.5. The van der Waals surface area contributed by atoms with Crippen molar-refractivity contribution in [3.05, 3.63) is 0 Å². The molecule has 1 N–H and O–H groups in total. The van der Waals surface area contributed by atoms with E-state index in [1.54, 1.807) is 0 Å². The Balaban J connectivity index is 4.97. The molecule has 208 valence electrons. The van der Waals surface area contributed by atoms with Gasteiger partial charge >= 0.3 is 218 Å². The van der Waals surface area contributed by atoms with E-state index in [4.69, 9.17) is 0 Å². The summed E-state index contributed by atoms with van der Waals surface area (Å²) < 4.78 is 0. The fourth-order valence-corrected chi connectivity index (χ4v) is 11.3. The van der Waals surface area contributed by atoms with Gasteiger partial charge in [0.1, 0.15) is 0 Å². The SMILES string of the molecule is CCCCCCCC[PH](CCCCCCCC)(CCCCCCCC)C(O)CCCCCCC. The number of aliphatic hydroxyl groups excluding tert-OH is 1. The van der Waals surface area contributed by atoms with Gasteiger partial charge in [0, 0.05) is 0 Å². The molecular weight excluding hydrogens is 431 g/mol. The van der Waals surface area contributed by atoms with E-state index in [1.165, 1.54) is 166 Å². The number of aliphatic hydroxyl groups is 1. The van der Waals surface area contributed by atoms with Gasteiger partial charge in [-0.2, -0.15) is 0 Å². The van der Waals surface area contributed by atoms with Crippen LogP contribution in [-0.2, 0) is 0 Å². The van der Waals surface area contributed by atoms with Crippen LogP contribution in [0.4, 0.5) is 0 Å². The fourth-order valence-electron chi connectivity index (χ4n) is 5.89. The number of hydrogen-bond acceptors (Lipinski definition) is 1. The van der Waals surface area contributed by atoms with Crippen LogP contribution in [-0.4, -0.2) is 29.4 Å². The van der Waals surface area contributed by atoms with E-state index in [2.05, 4.69) is 27.7 Å². The molecule has 0 spiro atoms. The van der Waals surface area contributed by atoms with Gasteiger partial charge in [0.2, 0.25) is 0 Å². The average Bonchev–Trinajstić information content (AvgIpc) is 2.84. The Kier molecular flexibility index (Phi) is 26.8. The number of unbranched alkanes of at least 4 members (excludes halogenated alkanes) is 19. The molecule has 0 saturated heterocycles. The van der Waals surface area contributed by atoms with Crippen molar-refractivity contribution >= 4 is 7.26 Å². The van der Waals surface area contributed by atoms with Crippen LogP contribution >= 0.6 is 7.26 Å². The third-order valence-electron chi connectivity index (χ3n) is 8.37. The van der Waals surface area contributed by atoms with Gasteiger partial charge < -0.3 is 0 Å². The second-order valence-electron chi connectivity index (χ2n) is 11.6. The van der Waals surface area contributed by atoms with Gasteiger partial charge in [0.05, 0.1) is 0 Å². The van der Waals surface area contributed by atoms with Crippen molar-refractivity contribution in [1.82, 2.24) is 0 Å². The summed E-state index contributed by atoms with van der Waals surface area (Å²) in [6.07, 6.45) is 37.1. The van der Waals surface area contributed by atoms with Crippen LogP contribution in [0.15, 0.2) is 0 Å². The first-order valence-electron chi connectivity index (χ1n) is 16.3. The van der Waals surface area contributed by atoms with Gasteiger partial charge in [-0.25, -0.2) is 0 Å². The Bertz CT molecular complexity index is 342. The predicted molar refractivity (Wildman–Crippen MR) is 162 cm³/mol. The molecule has 0 radical (unpaired) electrons. The van der Waals surface area contributed by atoms with Crippen molar-refractivity contribution in [2.75, 3.05) is 18.5 Å². The zero-order chi connectivity index (χ0) is 25.2. The number of hydrogen-bond donors (Lipinski definition) is 1. The third kappa shape index (κ3) is 19.6. The van der Waals surface area contributed by atoms with E-state index < -0.39 is 7.26 Å². The molecule has 0 aromatic rings. The molecule has 0 aliphatic carbocycles. The molecule has 0 amide bonds. The predicted octanol–water partition coefficient (Wildman–Crippen LogP) is 11.5. The summed E-state index contributed by atoms with van der Waals surface area (Å²) in [5, 5.41) is 11.7. The average molecular weight is 501 g/mol. The van der Waals surface area contributed by atoms with Crippen LogP contribution in [0.25, 0.3) is 0 Å². The molecule has 0 aromatic carbocycles. The van der Waals surface area contributed by atoms with E-state index in [9.17, 15) is 5.11 Å². The molecule has 0 fully saturated rings. The van der Waals surface area contributed by atoms with E-state index in [0.717, 1.165) is 6.42 Å². The zero-order valence-corrected chi connectivity index (χ0v) is 25.6. The molecule has 1 atom stereocenters. The topological polar surface area (TPSA) is 20.2 Å². The van der Waals surface area contributed by atoms with Crippen LogP contribution in [0, 0.1) is 0 Å². The normalized spacial score (nSPS) is 13.4. The van der Waals surface area contributed by atoms with E-state index in [1.807, 2.05) is 0 Å². The first-order chi connectivity index (χ1) is 16.7. The van der Waals surface area contributed by atoms with Crippen molar-refractivity contribution < 1.29 is 5.11 Å². The summed E-state index contributed by atoms with van der Waals surface area (Å²) in [6, 6.07) is 0. The molecule has 0 aliphatic rings. The Morgan fingerprint density at radius 3 is 0.971 bits per heavy atom. The summed E-state index contributed by atoms with van der Waals surface area (Å²) in [4.78, 5) is 0. The molecule has 1 nitrogen and oxygen atoms in total. The van der Waals surface area contributed by atoms with Crippen molar-refractivity contribution in [2.24, 2.45) is 0 Å². The maximum absolute atomic E-state index is 11.7. The maximum atomic E-state index is 11.7. The molecular formula is C32H69OP. The van der Waals surface area contributed by atoms with Crippen molar-refractivity contribution in [3.8, 4) is 0 Å². The summed E-state index contributed by atoms with van der Waals surface area (Å²) in [5.41, 5.74) is 0. The third-order valence-corrected chi connectivity index (χ3v) is 14.1. The molecule has 0 aliphatic heterocycles. The van der Waals surface area contributed by atoms with Crippen LogP contribution in [0.2, 0.25) is 0 Å². The monoisotopic (exact) mass is 501 g/mol.